The predicted octanol–water partition coefficient (Wildman–Crippen LogP) is 2.40. The highest BCUT2D eigenvalue weighted by molar-refractivity contribution is 7.89. The maximum absolute atomic E-state index is 13.8. The summed E-state index contributed by atoms with van der Waals surface area (Å²) in [5.74, 6) is -2.26. The van der Waals surface area contributed by atoms with Gasteiger partial charge in [-0.25, -0.2) is 17.2 Å². The van der Waals surface area contributed by atoms with Crippen LogP contribution in [-0.2, 0) is 21.3 Å². The number of halogens is 2. The zero-order valence-corrected chi connectivity index (χ0v) is 12.6. The van der Waals surface area contributed by atoms with Crippen LogP contribution in [0, 0.1) is 11.6 Å². The number of sulfonamides is 1. The molecule has 2 rings (SSSR count). The van der Waals surface area contributed by atoms with Crippen molar-refractivity contribution in [1.29, 1.82) is 0 Å². The summed E-state index contributed by atoms with van der Waals surface area (Å²) in [6.07, 6.45) is 2.76. The minimum atomic E-state index is -4.35. The first-order valence-corrected chi connectivity index (χ1v) is 7.85. The Balaban J connectivity index is 2.40. The van der Waals surface area contributed by atoms with Crippen LogP contribution >= 0.6 is 0 Å². The van der Waals surface area contributed by atoms with E-state index in [1.54, 1.807) is 6.07 Å². The first-order valence-electron chi connectivity index (χ1n) is 6.41. The van der Waals surface area contributed by atoms with Crippen LogP contribution in [0.1, 0.15) is 5.56 Å². The van der Waals surface area contributed by atoms with Crippen LogP contribution in [0.5, 0.6) is 0 Å². The SMILES string of the molecule is COCCN(Cc1ccoc1)S(=O)(=O)c1c(F)cccc1F. The largest absolute Gasteiger partial charge is 0.472 e. The summed E-state index contributed by atoms with van der Waals surface area (Å²) in [4.78, 5) is -0.963. The van der Waals surface area contributed by atoms with E-state index < -0.39 is 26.6 Å². The molecule has 0 saturated carbocycles. The molecule has 0 radical (unpaired) electrons. The van der Waals surface area contributed by atoms with E-state index in [2.05, 4.69) is 0 Å². The Morgan fingerprint density at radius 2 is 1.91 bits per heavy atom. The summed E-state index contributed by atoms with van der Waals surface area (Å²) in [6.45, 7) is -0.0269. The minimum Gasteiger partial charge on any atom is -0.472 e. The van der Waals surface area contributed by atoms with Gasteiger partial charge in [0.25, 0.3) is 0 Å². The lowest BCUT2D eigenvalue weighted by Crippen LogP contribution is -2.34. The molecule has 8 heteroatoms. The van der Waals surface area contributed by atoms with Crippen molar-refractivity contribution in [3.63, 3.8) is 0 Å². The molecule has 0 atom stereocenters. The van der Waals surface area contributed by atoms with Crippen LogP contribution in [-0.4, -0.2) is 33.0 Å². The van der Waals surface area contributed by atoms with Gasteiger partial charge in [0.1, 0.15) is 11.6 Å². The number of rotatable bonds is 7. The van der Waals surface area contributed by atoms with Crippen molar-refractivity contribution in [2.24, 2.45) is 0 Å². The highest BCUT2D eigenvalue weighted by atomic mass is 32.2. The highest BCUT2D eigenvalue weighted by Crippen LogP contribution is 2.24. The third-order valence-electron chi connectivity index (χ3n) is 3.00. The standard InChI is InChI=1S/C14H15F2NO4S/c1-20-8-6-17(9-11-5-7-21-10-11)22(18,19)14-12(15)3-2-4-13(14)16/h2-5,7,10H,6,8-9H2,1H3. The molecule has 1 aromatic carbocycles. The van der Waals surface area contributed by atoms with E-state index in [1.165, 1.54) is 19.6 Å². The quantitative estimate of drug-likeness (QED) is 0.782. The van der Waals surface area contributed by atoms with E-state index in [9.17, 15) is 17.2 Å². The van der Waals surface area contributed by atoms with E-state index >= 15 is 0 Å². The first-order chi connectivity index (χ1) is 10.5. The van der Waals surface area contributed by atoms with Gasteiger partial charge in [-0.1, -0.05) is 6.07 Å². The van der Waals surface area contributed by atoms with Crippen LogP contribution in [0.3, 0.4) is 0 Å². The zero-order chi connectivity index (χ0) is 16.2. The van der Waals surface area contributed by atoms with Crippen LogP contribution < -0.4 is 0 Å². The van der Waals surface area contributed by atoms with E-state index in [-0.39, 0.29) is 19.7 Å². The van der Waals surface area contributed by atoms with E-state index in [0.717, 1.165) is 22.5 Å². The molecular formula is C14H15F2NO4S. The lowest BCUT2D eigenvalue weighted by atomic mass is 10.3. The van der Waals surface area contributed by atoms with Gasteiger partial charge in [-0.3, -0.25) is 0 Å². The molecule has 1 aromatic heterocycles. The zero-order valence-electron chi connectivity index (χ0n) is 11.8. The number of furan rings is 1. The third-order valence-corrected chi connectivity index (χ3v) is 4.90. The van der Waals surface area contributed by atoms with Crippen molar-refractivity contribution in [3.05, 3.63) is 54.0 Å². The smallest absolute Gasteiger partial charge is 0.249 e. The van der Waals surface area contributed by atoms with Gasteiger partial charge in [-0.2, -0.15) is 4.31 Å². The summed E-state index contributed by atoms with van der Waals surface area (Å²) >= 11 is 0. The van der Waals surface area contributed by atoms with Gasteiger partial charge in [-0.15, -0.1) is 0 Å². The second kappa shape index (κ2) is 6.99. The molecular weight excluding hydrogens is 316 g/mol. The Kier molecular flexibility index (Phi) is 5.28. The fraction of sp³-hybridized carbons (Fsp3) is 0.286. The monoisotopic (exact) mass is 331 g/mol. The molecule has 0 N–H and O–H groups in total. The fourth-order valence-electron chi connectivity index (χ4n) is 1.92. The molecule has 5 nitrogen and oxygen atoms in total. The molecule has 0 spiro atoms. The predicted molar refractivity (Wildman–Crippen MR) is 74.5 cm³/mol. The van der Waals surface area contributed by atoms with Crippen LogP contribution in [0.25, 0.3) is 0 Å². The Labute approximate surface area is 127 Å². The molecule has 0 amide bonds. The van der Waals surface area contributed by atoms with Crippen LogP contribution in [0.4, 0.5) is 8.78 Å². The van der Waals surface area contributed by atoms with Crippen molar-refractivity contribution in [1.82, 2.24) is 4.31 Å². The van der Waals surface area contributed by atoms with Gasteiger partial charge in [0, 0.05) is 25.8 Å². The molecule has 1 heterocycles. The molecule has 0 aliphatic heterocycles. The van der Waals surface area contributed by atoms with Crippen molar-refractivity contribution in [2.45, 2.75) is 11.4 Å². The lowest BCUT2D eigenvalue weighted by molar-refractivity contribution is 0.177. The van der Waals surface area contributed by atoms with Crippen molar-refractivity contribution >= 4 is 10.0 Å². The summed E-state index contributed by atoms with van der Waals surface area (Å²) < 4.78 is 63.5. The molecule has 22 heavy (non-hydrogen) atoms. The number of methoxy groups -OCH3 is 1. The summed E-state index contributed by atoms with van der Waals surface area (Å²) in [7, 11) is -2.94. The maximum atomic E-state index is 13.8. The van der Waals surface area contributed by atoms with E-state index in [4.69, 9.17) is 9.15 Å². The number of hydrogen-bond donors (Lipinski definition) is 0. The van der Waals surface area contributed by atoms with Crippen molar-refractivity contribution in [2.75, 3.05) is 20.3 Å². The fourth-order valence-corrected chi connectivity index (χ4v) is 3.44. The molecule has 0 fully saturated rings. The molecule has 120 valence electrons. The van der Waals surface area contributed by atoms with Gasteiger partial charge < -0.3 is 9.15 Å². The average Bonchev–Trinajstić information content (AvgIpc) is 2.95. The normalized spacial score (nSPS) is 12.0. The lowest BCUT2D eigenvalue weighted by Gasteiger charge is -2.21. The second-order valence-corrected chi connectivity index (χ2v) is 6.39. The molecule has 0 aliphatic rings. The molecule has 0 unspecified atom stereocenters. The van der Waals surface area contributed by atoms with Gasteiger partial charge in [0.05, 0.1) is 19.1 Å². The van der Waals surface area contributed by atoms with Crippen molar-refractivity contribution < 1.29 is 26.4 Å². The van der Waals surface area contributed by atoms with Crippen LogP contribution in [0.2, 0.25) is 0 Å². The number of nitrogens with zero attached hydrogens (tertiary/aromatic N) is 1. The second-order valence-electron chi connectivity index (χ2n) is 4.51. The van der Waals surface area contributed by atoms with Gasteiger partial charge in [0.2, 0.25) is 10.0 Å². The van der Waals surface area contributed by atoms with Crippen molar-refractivity contribution in [3.8, 4) is 0 Å². The maximum Gasteiger partial charge on any atom is 0.249 e. The number of hydrogen-bond acceptors (Lipinski definition) is 4. The summed E-state index contributed by atoms with van der Waals surface area (Å²) in [6, 6.07) is 4.50. The number of benzene rings is 1. The average molecular weight is 331 g/mol. The Morgan fingerprint density at radius 1 is 1.23 bits per heavy atom. The van der Waals surface area contributed by atoms with Crippen LogP contribution in [0.15, 0.2) is 46.1 Å². The Morgan fingerprint density at radius 3 is 2.45 bits per heavy atom. The Bertz CT molecular complexity index is 696. The van der Waals surface area contributed by atoms with Gasteiger partial charge in [-0.05, 0) is 18.2 Å². The summed E-state index contributed by atoms with van der Waals surface area (Å²) in [5, 5.41) is 0. The minimum absolute atomic E-state index is 0.0439. The third kappa shape index (κ3) is 3.52. The first kappa shape index (κ1) is 16.6. The molecule has 0 aliphatic carbocycles. The Hall–Kier alpha value is -1.77. The van der Waals surface area contributed by atoms with E-state index in [1.807, 2.05) is 0 Å². The topological polar surface area (TPSA) is 59.8 Å². The molecule has 2 aromatic rings. The van der Waals surface area contributed by atoms with Gasteiger partial charge in [0.15, 0.2) is 4.90 Å². The highest BCUT2D eigenvalue weighted by Gasteiger charge is 2.30. The molecule has 0 saturated heterocycles. The molecule has 0 bridgehead atoms. The summed E-state index contributed by atoms with van der Waals surface area (Å²) in [5.41, 5.74) is 0.566. The van der Waals surface area contributed by atoms with Gasteiger partial charge >= 0.3 is 0 Å². The number of ether oxygens (including phenoxy) is 1. The van der Waals surface area contributed by atoms with E-state index in [0.29, 0.717) is 5.56 Å².